The number of rotatable bonds is 3. The Morgan fingerprint density at radius 2 is 0.830 bits per heavy atom. The fourth-order valence-corrected chi connectivity index (χ4v) is 8.30. The van der Waals surface area contributed by atoms with Crippen LogP contribution >= 0.6 is 11.3 Å². The van der Waals surface area contributed by atoms with E-state index in [-0.39, 0.29) is 0 Å². The first-order valence-electron chi connectivity index (χ1n) is 15.8. The third-order valence-corrected chi connectivity index (χ3v) is 10.4. The third-order valence-electron chi connectivity index (χ3n) is 9.29. The highest BCUT2D eigenvalue weighted by molar-refractivity contribution is 7.25. The van der Waals surface area contributed by atoms with Gasteiger partial charge in [-0.15, -0.1) is 11.3 Å². The standard InChI is InChI=1S/C43H25N3S/c1-2-12-26(13-3-1)41-44-42(27-22-23-33-32-18-10-11-21-38(32)47-39(33)24-27)46-43(45-41)37-25-36-30-16-5-4-14-28(30)29-15-6-8-19-34(29)40(36)35-20-9-7-17-31(35)37/h1-25H. The van der Waals surface area contributed by atoms with E-state index in [0.717, 1.165) is 22.1 Å². The molecule has 218 valence electrons. The second-order valence-corrected chi connectivity index (χ2v) is 13.0. The average Bonchev–Trinajstić information content (AvgIpc) is 3.52. The summed E-state index contributed by atoms with van der Waals surface area (Å²) in [5.41, 5.74) is 2.94. The first-order chi connectivity index (χ1) is 23.3. The van der Waals surface area contributed by atoms with E-state index in [1.807, 2.05) is 18.2 Å². The molecule has 0 aliphatic heterocycles. The summed E-state index contributed by atoms with van der Waals surface area (Å²) >= 11 is 1.81. The maximum Gasteiger partial charge on any atom is 0.164 e. The molecule has 0 bridgehead atoms. The van der Waals surface area contributed by atoms with E-state index in [1.165, 1.54) is 57.9 Å². The van der Waals surface area contributed by atoms with Crippen LogP contribution in [0, 0.1) is 0 Å². The van der Waals surface area contributed by atoms with Crippen LogP contribution in [0.1, 0.15) is 0 Å². The quantitative estimate of drug-likeness (QED) is 0.186. The van der Waals surface area contributed by atoms with Crippen molar-refractivity contribution in [3.05, 3.63) is 152 Å². The molecule has 0 radical (unpaired) electrons. The number of aromatic nitrogens is 3. The van der Waals surface area contributed by atoms with Gasteiger partial charge in [-0.1, -0.05) is 133 Å². The minimum absolute atomic E-state index is 0.662. The molecule has 2 aromatic heterocycles. The molecule has 0 N–H and O–H groups in total. The summed E-state index contributed by atoms with van der Waals surface area (Å²) in [6.07, 6.45) is 0. The number of hydrogen-bond donors (Lipinski definition) is 0. The van der Waals surface area contributed by atoms with Crippen LogP contribution in [-0.4, -0.2) is 15.0 Å². The lowest BCUT2D eigenvalue weighted by atomic mass is 9.89. The molecule has 0 saturated carbocycles. The van der Waals surface area contributed by atoms with Gasteiger partial charge in [-0.05, 0) is 61.3 Å². The van der Waals surface area contributed by atoms with Gasteiger partial charge >= 0.3 is 0 Å². The van der Waals surface area contributed by atoms with Gasteiger partial charge in [0.05, 0.1) is 0 Å². The summed E-state index contributed by atoms with van der Waals surface area (Å²) in [6, 6.07) is 53.8. The number of hydrogen-bond acceptors (Lipinski definition) is 4. The van der Waals surface area contributed by atoms with Gasteiger partial charge in [0.15, 0.2) is 17.5 Å². The maximum atomic E-state index is 5.24. The summed E-state index contributed by atoms with van der Waals surface area (Å²) in [4.78, 5) is 15.5. The van der Waals surface area contributed by atoms with Crippen molar-refractivity contribution in [1.82, 2.24) is 15.0 Å². The lowest BCUT2D eigenvalue weighted by Crippen LogP contribution is -2.01. The highest BCUT2D eigenvalue weighted by Gasteiger charge is 2.19. The summed E-state index contributed by atoms with van der Waals surface area (Å²) < 4.78 is 2.50. The molecule has 0 aliphatic rings. The molecule has 2 heterocycles. The normalized spacial score (nSPS) is 11.8. The molecule has 0 atom stereocenters. The van der Waals surface area contributed by atoms with Crippen LogP contribution in [-0.2, 0) is 0 Å². The molecule has 47 heavy (non-hydrogen) atoms. The van der Waals surface area contributed by atoms with Crippen LogP contribution in [0.4, 0.5) is 0 Å². The van der Waals surface area contributed by atoms with Crippen molar-refractivity contribution >= 4 is 74.6 Å². The molecule has 10 aromatic rings. The lowest BCUT2D eigenvalue weighted by Gasteiger charge is -2.16. The maximum absolute atomic E-state index is 5.24. The molecule has 3 nitrogen and oxygen atoms in total. The van der Waals surface area contributed by atoms with E-state index in [9.17, 15) is 0 Å². The zero-order valence-corrected chi connectivity index (χ0v) is 26.0. The molecule has 0 fully saturated rings. The topological polar surface area (TPSA) is 38.7 Å². The van der Waals surface area contributed by atoms with E-state index in [1.54, 1.807) is 11.3 Å². The molecule has 0 saturated heterocycles. The van der Waals surface area contributed by atoms with E-state index in [2.05, 4.69) is 133 Å². The van der Waals surface area contributed by atoms with Gasteiger partial charge < -0.3 is 0 Å². The fraction of sp³-hybridized carbons (Fsp3) is 0. The Bertz CT molecular complexity index is 2850. The molecule has 0 aliphatic carbocycles. The van der Waals surface area contributed by atoms with E-state index in [0.29, 0.717) is 17.5 Å². The van der Waals surface area contributed by atoms with Crippen molar-refractivity contribution in [3.8, 4) is 34.2 Å². The smallest absolute Gasteiger partial charge is 0.164 e. The van der Waals surface area contributed by atoms with E-state index < -0.39 is 0 Å². The van der Waals surface area contributed by atoms with Crippen LogP contribution in [0.5, 0.6) is 0 Å². The van der Waals surface area contributed by atoms with Crippen LogP contribution in [0.15, 0.2) is 152 Å². The molecule has 0 amide bonds. The molecular formula is C43H25N3S. The van der Waals surface area contributed by atoms with Gasteiger partial charge in [-0.3, -0.25) is 0 Å². The highest BCUT2D eigenvalue weighted by Crippen LogP contribution is 2.43. The predicted octanol–water partition coefficient (Wildman–Crippen LogP) is 11.9. The van der Waals surface area contributed by atoms with E-state index in [4.69, 9.17) is 15.0 Å². The summed E-state index contributed by atoms with van der Waals surface area (Å²) in [6.45, 7) is 0. The average molecular weight is 616 g/mol. The molecule has 0 spiro atoms. The number of benzene rings is 8. The SMILES string of the molecule is c1ccc(-c2nc(-c3ccc4c(c3)sc3ccccc34)nc(-c3cc4c5ccccc5c5ccccc5c4c4ccccc34)n2)cc1. The molecule has 8 aromatic carbocycles. The summed E-state index contributed by atoms with van der Waals surface area (Å²) in [5, 5.41) is 12.3. The van der Waals surface area contributed by atoms with Crippen LogP contribution < -0.4 is 0 Å². The van der Waals surface area contributed by atoms with Crippen LogP contribution in [0.25, 0.3) is 97.4 Å². The lowest BCUT2D eigenvalue weighted by molar-refractivity contribution is 1.08. The zero-order chi connectivity index (χ0) is 30.9. The van der Waals surface area contributed by atoms with Gasteiger partial charge in [0, 0.05) is 36.9 Å². The van der Waals surface area contributed by atoms with Crippen LogP contribution in [0.2, 0.25) is 0 Å². The Balaban J connectivity index is 1.29. The predicted molar refractivity (Wildman–Crippen MR) is 199 cm³/mol. The highest BCUT2D eigenvalue weighted by atomic mass is 32.1. The Hall–Kier alpha value is -5.97. The Morgan fingerprint density at radius 3 is 1.57 bits per heavy atom. The monoisotopic (exact) mass is 615 g/mol. The van der Waals surface area contributed by atoms with Gasteiger partial charge in [0.25, 0.3) is 0 Å². The summed E-state index contributed by atoms with van der Waals surface area (Å²) in [5.74, 6) is 2.00. The first-order valence-corrected chi connectivity index (χ1v) is 16.6. The molecule has 10 rings (SSSR count). The Labute approximate surface area is 274 Å². The number of nitrogens with zero attached hydrogens (tertiary/aromatic N) is 3. The van der Waals surface area contributed by atoms with Gasteiger partial charge in [0.1, 0.15) is 0 Å². The summed E-state index contributed by atoms with van der Waals surface area (Å²) in [7, 11) is 0. The number of thiophene rings is 1. The van der Waals surface area contributed by atoms with Crippen LogP contribution in [0.3, 0.4) is 0 Å². The molecule has 0 unspecified atom stereocenters. The minimum Gasteiger partial charge on any atom is -0.208 e. The second-order valence-electron chi connectivity index (χ2n) is 12.0. The van der Waals surface area contributed by atoms with Crippen molar-refractivity contribution < 1.29 is 0 Å². The first kappa shape index (κ1) is 26.3. The van der Waals surface area contributed by atoms with Gasteiger partial charge in [-0.25, -0.2) is 15.0 Å². The van der Waals surface area contributed by atoms with Crippen molar-refractivity contribution in [1.29, 1.82) is 0 Å². The van der Waals surface area contributed by atoms with Gasteiger partial charge in [-0.2, -0.15) is 0 Å². The number of fused-ring (bicyclic) bond motifs is 11. The van der Waals surface area contributed by atoms with Crippen molar-refractivity contribution in [3.63, 3.8) is 0 Å². The minimum atomic E-state index is 0.662. The van der Waals surface area contributed by atoms with Crippen molar-refractivity contribution in [2.75, 3.05) is 0 Å². The zero-order valence-electron chi connectivity index (χ0n) is 25.2. The van der Waals surface area contributed by atoms with Gasteiger partial charge in [0.2, 0.25) is 0 Å². The second kappa shape index (κ2) is 10.3. The largest absolute Gasteiger partial charge is 0.208 e. The molecular weight excluding hydrogens is 591 g/mol. The molecule has 4 heteroatoms. The van der Waals surface area contributed by atoms with Crippen molar-refractivity contribution in [2.24, 2.45) is 0 Å². The van der Waals surface area contributed by atoms with E-state index >= 15 is 0 Å². The Morgan fingerprint density at radius 1 is 0.319 bits per heavy atom. The fourth-order valence-electron chi connectivity index (χ4n) is 7.16. The Kier molecular flexibility index (Phi) is 5.74. The van der Waals surface area contributed by atoms with Crippen molar-refractivity contribution in [2.45, 2.75) is 0 Å². The third kappa shape index (κ3) is 4.09.